The third-order valence-corrected chi connectivity index (χ3v) is 4.52. The molecule has 1 nitrogen and oxygen atoms in total. The summed E-state index contributed by atoms with van der Waals surface area (Å²) in [5.74, 6) is 2.34. The van der Waals surface area contributed by atoms with Crippen LogP contribution in [-0.2, 0) is 0 Å². The molecule has 0 aromatic carbocycles. The molecule has 2 fully saturated rings. The number of allylic oxidation sites excluding steroid dienone is 1. The predicted molar refractivity (Wildman–Crippen MR) is 68.2 cm³/mol. The average molecular weight is 222 g/mol. The van der Waals surface area contributed by atoms with E-state index in [4.69, 9.17) is 0 Å². The summed E-state index contributed by atoms with van der Waals surface area (Å²) in [7, 11) is 0. The van der Waals surface area contributed by atoms with Gasteiger partial charge in [0.05, 0.1) is 6.10 Å². The van der Waals surface area contributed by atoms with Crippen LogP contribution in [0.2, 0.25) is 0 Å². The first-order chi connectivity index (χ1) is 7.75. The van der Waals surface area contributed by atoms with Crippen LogP contribution in [-0.4, -0.2) is 11.2 Å². The SMILES string of the molecule is CC1CCC(C/C=C/C2CCC[C@H]2O)CC1. The van der Waals surface area contributed by atoms with E-state index in [2.05, 4.69) is 19.1 Å². The Kier molecular flexibility index (Phi) is 4.45. The van der Waals surface area contributed by atoms with Gasteiger partial charge in [-0.25, -0.2) is 0 Å². The Morgan fingerprint density at radius 1 is 1.06 bits per heavy atom. The van der Waals surface area contributed by atoms with Crippen LogP contribution in [0, 0.1) is 17.8 Å². The Morgan fingerprint density at radius 2 is 1.81 bits per heavy atom. The third kappa shape index (κ3) is 3.35. The van der Waals surface area contributed by atoms with Gasteiger partial charge in [0.25, 0.3) is 0 Å². The van der Waals surface area contributed by atoms with Crippen molar-refractivity contribution in [2.45, 2.75) is 64.4 Å². The minimum Gasteiger partial charge on any atom is -0.393 e. The molecule has 2 saturated carbocycles. The van der Waals surface area contributed by atoms with Crippen LogP contribution >= 0.6 is 0 Å². The van der Waals surface area contributed by atoms with Gasteiger partial charge >= 0.3 is 0 Å². The second kappa shape index (κ2) is 5.86. The topological polar surface area (TPSA) is 20.2 Å². The number of aliphatic hydroxyl groups is 1. The quantitative estimate of drug-likeness (QED) is 0.718. The number of hydrogen-bond acceptors (Lipinski definition) is 1. The molecular formula is C15H26O. The van der Waals surface area contributed by atoms with Crippen molar-refractivity contribution in [3.05, 3.63) is 12.2 Å². The van der Waals surface area contributed by atoms with E-state index >= 15 is 0 Å². The third-order valence-electron chi connectivity index (χ3n) is 4.52. The first-order valence-corrected chi connectivity index (χ1v) is 7.10. The zero-order valence-electron chi connectivity index (χ0n) is 10.6. The minimum atomic E-state index is -0.0531. The lowest BCUT2D eigenvalue weighted by Crippen LogP contribution is -2.12. The molecule has 1 heteroatoms. The van der Waals surface area contributed by atoms with Crippen LogP contribution in [0.5, 0.6) is 0 Å². The van der Waals surface area contributed by atoms with Crippen LogP contribution in [0.15, 0.2) is 12.2 Å². The van der Waals surface area contributed by atoms with Gasteiger partial charge in [-0.1, -0.05) is 38.3 Å². The van der Waals surface area contributed by atoms with Crippen molar-refractivity contribution >= 4 is 0 Å². The van der Waals surface area contributed by atoms with Crippen LogP contribution in [0.1, 0.15) is 58.3 Å². The van der Waals surface area contributed by atoms with Gasteiger partial charge in [-0.3, -0.25) is 0 Å². The maximum atomic E-state index is 9.71. The van der Waals surface area contributed by atoms with Crippen molar-refractivity contribution in [3.8, 4) is 0 Å². The standard InChI is InChI=1S/C15H26O/c1-12-8-10-13(11-9-12)4-2-5-14-6-3-7-15(14)16/h2,5,12-16H,3-4,6-11H2,1H3/b5-2+/t12?,13?,14?,15-/m1/s1. The molecule has 92 valence electrons. The van der Waals surface area contributed by atoms with E-state index in [1.807, 2.05) is 0 Å². The largest absolute Gasteiger partial charge is 0.393 e. The fourth-order valence-corrected chi connectivity index (χ4v) is 3.20. The lowest BCUT2D eigenvalue weighted by molar-refractivity contribution is 0.153. The second-order valence-corrected chi connectivity index (χ2v) is 5.95. The van der Waals surface area contributed by atoms with E-state index in [1.54, 1.807) is 0 Å². The molecule has 16 heavy (non-hydrogen) atoms. The molecule has 0 aromatic heterocycles. The normalized spacial score (nSPS) is 40.6. The number of aliphatic hydroxyl groups excluding tert-OH is 1. The van der Waals surface area contributed by atoms with Gasteiger partial charge in [-0.05, 0) is 43.9 Å². The van der Waals surface area contributed by atoms with Gasteiger partial charge in [-0.15, -0.1) is 0 Å². The summed E-state index contributed by atoms with van der Waals surface area (Å²) < 4.78 is 0. The lowest BCUT2D eigenvalue weighted by atomic mass is 9.81. The number of hydrogen-bond donors (Lipinski definition) is 1. The molecule has 0 spiro atoms. The molecule has 0 aromatic rings. The summed E-state index contributed by atoms with van der Waals surface area (Å²) in [6.07, 6.45) is 14.9. The Balaban J connectivity index is 1.68. The maximum Gasteiger partial charge on any atom is 0.0602 e. The second-order valence-electron chi connectivity index (χ2n) is 5.95. The molecule has 1 unspecified atom stereocenters. The van der Waals surface area contributed by atoms with E-state index in [0.29, 0.717) is 5.92 Å². The van der Waals surface area contributed by atoms with Gasteiger partial charge < -0.3 is 5.11 Å². The first-order valence-electron chi connectivity index (χ1n) is 7.10. The summed E-state index contributed by atoms with van der Waals surface area (Å²) in [6, 6.07) is 0. The Morgan fingerprint density at radius 3 is 2.44 bits per heavy atom. The van der Waals surface area contributed by atoms with E-state index < -0.39 is 0 Å². The van der Waals surface area contributed by atoms with Crippen LogP contribution in [0.25, 0.3) is 0 Å². The van der Waals surface area contributed by atoms with Gasteiger partial charge in [0.1, 0.15) is 0 Å². The van der Waals surface area contributed by atoms with Crippen molar-refractivity contribution in [2.75, 3.05) is 0 Å². The molecule has 0 amide bonds. The molecular weight excluding hydrogens is 196 g/mol. The smallest absolute Gasteiger partial charge is 0.0602 e. The van der Waals surface area contributed by atoms with E-state index in [9.17, 15) is 5.11 Å². The monoisotopic (exact) mass is 222 g/mol. The number of rotatable bonds is 3. The molecule has 2 aliphatic carbocycles. The van der Waals surface area contributed by atoms with E-state index in [0.717, 1.165) is 18.3 Å². The van der Waals surface area contributed by atoms with Crippen molar-refractivity contribution in [1.82, 2.24) is 0 Å². The summed E-state index contributed by atoms with van der Waals surface area (Å²) >= 11 is 0. The van der Waals surface area contributed by atoms with Gasteiger partial charge in [0.2, 0.25) is 0 Å². The zero-order chi connectivity index (χ0) is 11.4. The summed E-state index contributed by atoms with van der Waals surface area (Å²) in [5, 5.41) is 9.71. The Labute approximate surface area is 99.9 Å². The highest BCUT2D eigenvalue weighted by Crippen LogP contribution is 2.31. The average Bonchev–Trinajstić information content (AvgIpc) is 2.68. The minimum absolute atomic E-state index is 0.0531. The van der Waals surface area contributed by atoms with Crippen LogP contribution < -0.4 is 0 Å². The molecule has 2 atom stereocenters. The van der Waals surface area contributed by atoms with Gasteiger partial charge in [0.15, 0.2) is 0 Å². The summed E-state index contributed by atoms with van der Waals surface area (Å²) in [6.45, 7) is 2.38. The highest BCUT2D eigenvalue weighted by atomic mass is 16.3. The van der Waals surface area contributed by atoms with Crippen LogP contribution in [0.3, 0.4) is 0 Å². The first kappa shape index (κ1) is 12.2. The predicted octanol–water partition coefficient (Wildman–Crippen LogP) is 3.92. The fourth-order valence-electron chi connectivity index (χ4n) is 3.20. The fraction of sp³-hybridized carbons (Fsp3) is 0.867. The van der Waals surface area contributed by atoms with E-state index in [-0.39, 0.29) is 6.10 Å². The molecule has 0 saturated heterocycles. The summed E-state index contributed by atoms with van der Waals surface area (Å²) in [4.78, 5) is 0. The Hall–Kier alpha value is -0.300. The highest BCUT2D eigenvalue weighted by molar-refractivity contribution is 4.96. The van der Waals surface area contributed by atoms with Crippen molar-refractivity contribution in [1.29, 1.82) is 0 Å². The van der Waals surface area contributed by atoms with Crippen molar-refractivity contribution in [2.24, 2.45) is 17.8 Å². The van der Waals surface area contributed by atoms with Crippen molar-refractivity contribution < 1.29 is 5.11 Å². The van der Waals surface area contributed by atoms with Gasteiger partial charge in [-0.2, -0.15) is 0 Å². The lowest BCUT2D eigenvalue weighted by Gasteiger charge is -2.25. The van der Waals surface area contributed by atoms with Gasteiger partial charge in [0, 0.05) is 5.92 Å². The summed E-state index contributed by atoms with van der Waals surface area (Å²) in [5.41, 5.74) is 0. The molecule has 2 rings (SSSR count). The molecule has 0 aliphatic heterocycles. The molecule has 0 radical (unpaired) electrons. The van der Waals surface area contributed by atoms with E-state index in [1.165, 1.54) is 44.9 Å². The maximum absolute atomic E-state index is 9.71. The highest BCUT2D eigenvalue weighted by Gasteiger charge is 2.22. The Bertz CT molecular complexity index is 226. The molecule has 0 heterocycles. The van der Waals surface area contributed by atoms with Crippen molar-refractivity contribution in [3.63, 3.8) is 0 Å². The van der Waals surface area contributed by atoms with Crippen LogP contribution in [0.4, 0.5) is 0 Å². The molecule has 0 bridgehead atoms. The molecule has 2 aliphatic rings. The zero-order valence-corrected chi connectivity index (χ0v) is 10.6. The molecule has 1 N–H and O–H groups in total.